The van der Waals surface area contributed by atoms with E-state index in [-0.39, 0.29) is 19.6 Å². The molecule has 4 rings (SSSR count). The van der Waals surface area contributed by atoms with Gasteiger partial charge in [-0.2, -0.15) is 0 Å². The second-order valence-electron chi connectivity index (χ2n) is 10.8. The summed E-state index contributed by atoms with van der Waals surface area (Å²) in [6, 6.07) is 20.2. The van der Waals surface area contributed by atoms with Crippen LogP contribution in [0.2, 0.25) is 0 Å². The van der Waals surface area contributed by atoms with Gasteiger partial charge in [-0.3, -0.25) is 0 Å². The van der Waals surface area contributed by atoms with Crippen LogP contribution in [-0.2, 0) is 39.3 Å². The average molecular weight is 729 g/mol. The number of aryl methyl sites for hydroxylation is 4. The zero-order valence-corrected chi connectivity index (χ0v) is 30.0. The van der Waals surface area contributed by atoms with Crippen molar-refractivity contribution in [1.29, 1.82) is 0 Å². The van der Waals surface area contributed by atoms with E-state index in [2.05, 4.69) is 9.58 Å². The first-order valence-corrected chi connectivity index (χ1v) is 19.9. The summed E-state index contributed by atoms with van der Waals surface area (Å²) in [5, 5.41) is 0. The Bertz CT molecular complexity index is 2280. The van der Waals surface area contributed by atoms with Crippen LogP contribution in [0.15, 0.2) is 105 Å². The Morgan fingerprint density at radius 3 is 1.02 bits per heavy atom. The van der Waals surface area contributed by atoms with Gasteiger partial charge in [0.05, 0.1) is 19.6 Å². The lowest BCUT2D eigenvalue weighted by atomic mass is 10.1. The van der Waals surface area contributed by atoms with Crippen molar-refractivity contribution in [3.8, 4) is 0 Å². The Hall–Kier alpha value is -4.56. The summed E-state index contributed by atoms with van der Waals surface area (Å²) in [6.07, 6.45) is 0. The standard InChI is InChI=1S/C17H18N2O4S2.C15H14N2O4S2/c1-11-7-5-9-15(13(11)3)24(20,21)17(19-18)25(22,23)16-10-6-8-12(2)14(16)4;1-11-3-7-13(8-4-11)22(18,19)15(17-16)23(20,21)14-9-5-12(2)6-10-14/h5-10H,1-4H3;3-10H,1-2H3. The van der Waals surface area contributed by atoms with Crippen LogP contribution in [0.5, 0.6) is 0 Å². The molecule has 252 valence electrons. The molecule has 48 heavy (non-hydrogen) atoms. The third kappa shape index (κ3) is 7.44. The molecule has 0 saturated carbocycles. The van der Waals surface area contributed by atoms with Gasteiger partial charge in [0, 0.05) is 0 Å². The highest BCUT2D eigenvalue weighted by Crippen LogP contribution is 2.27. The van der Waals surface area contributed by atoms with E-state index in [1.54, 1.807) is 53.7 Å². The Balaban J connectivity index is 0.000000261. The fraction of sp³-hybridized carbons (Fsp3) is 0.188. The van der Waals surface area contributed by atoms with Gasteiger partial charge in [-0.25, -0.2) is 33.7 Å². The van der Waals surface area contributed by atoms with Crippen molar-refractivity contribution in [3.63, 3.8) is 0 Å². The molecule has 0 spiro atoms. The number of benzene rings is 4. The molecule has 0 aliphatic heterocycles. The molecule has 4 aromatic rings. The molecule has 0 aliphatic carbocycles. The van der Waals surface area contributed by atoms with E-state index < -0.39 is 48.1 Å². The summed E-state index contributed by atoms with van der Waals surface area (Å²) in [6.45, 7) is 10.1. The summed E-state index contributed by atoms with van der Waals surface area (Å²) in [4.78, 5) is 4.32. The van der Waals surface area contributed by atoms with Crippen molar-refractivity contribution in [2.24, 2.45) is 0 Å². The molecular weight excluding hydrogens is 697 g/mol. The summed E-state index contributed by atoms with van der Waals surface area (Å²) in [7, 11) is -18.0. The number of nitrogens with zero attached hydrogens (tertiary/aromatic N) is 4. The Morgan fingerprint density at radius 2 is 0.729 bits per heavy atom. The second kappa shape index (κ2) is 14.3. The van der Waals surface area contributed by atoms with Crippen LogP contribution in [0, 0.1) is 41.5 Å². The summed E-state index contributed by atoms with van der Waals surface area (Å²) < 4.78 is 98.9. The summed E-state index contributed by atoms with van der Waals surface area (Å²) >= 11 is 0. The summed E-state index contributed by atoms with van der Waals surface area (Å²) in [5.41, 5.74) is 22.1. The zero-order chi connectivity index (χ0) is 36.2. The molecule has 0 aromatic heterocycles. The molecule has 0 unspecified atom stereocenters. The van der Waals surface area contributed by atoms with E-state index in [4.69, 9.17) is 5.53 Å². The molecule has 0 radical (unpaired) electrons. The minimum Gasteiger partial charge on any atom is -0.359 e. The maximum atomic E-state index is 12.9. The van der Waals surface area contributed by atoms with Crippen molar-refractivity contribution >= 4 is 48.1 Å². The molecule has 0 atom stereocenters. The highest BCUT2D eigenvalue weighted by atomic mass is 32.3. The van der Waals surface area contributed by atoms with Gasteiger partial charge in [0.1, 0.15) is 0 Å². The molecule has 16 heteroatoms. The Labute approximate surface area is 280 Å². The molecule has 0 amide bonds. The lowest BCUT2D eigenvalue weighted by Gasteiger charge is -2.09. The normalized spacial score (nSPS) is 11.8. The van der Waals surface area contributed by atoms with Crippen LogP contribution in [0.3, 0.4) is 0 Å². The van der Waals surface area contributed by atoms with E-state index in [0.717, 1.165) is 11.1 Å². The topological polar surface area (TPSA) is 209 Å². The van der Waals surface area contributed by atoms with E-state index in [9.17, 15) is 39.2 Å². The monoisotopic (exact) mass is 728 g/mol. The maximum Gasteiger partial charge on any atom is 0.504 e. The van der Waals surface area contributed by atoms with Gasteiger partial charge in [0.2, 0.25) is 0 Å². The third-order valence-electron chi connectivity index (χ3n) is 7.43. The molecule has 0 heterocycles. The minimum absolute atomic E-state index is 0.200. The predicted molar refractivity (Wildman–Crippen MR) is 180 cm³/mol. The largest absolute Gasteiger partial charge is 0.504 e. The van der Waals surface area contributed by atoms with Crippen LogP contribution in [0.1, 0.15) is 33.4 Å². The van der Waals surface area contributed by atoms with Crippen LogP contribution in [-0.4, -0.2) is 52.0 Å². The van der Waals surface area contributed by atoms with Crippen molar-refractivity contribution in [1.82, 2.24) is 0 Å². The first-order chi connectivity index (χ1) is 22.2. The van der Waals surface area contributed by atoms with Crippen LogP contribution in [0.25, 0.3) is 11.1 Å². The Kier molecular flexibility index (Phi) is 11.3. The highest BCUT2D eigenvalue weighted by Gasteiger charge is 2.46. The molecule has 0 bridgehead atoms. The van der Waals surface area contributed by atoms with Gasteiger partial charge < -0.3 is 11.1 Å². The fourth-order valence-electron chi connectivity index (χ4n) is 4.36. The quantitative estimate of drug-likeness (QED) is 0.122. The molecule has 0 fully saturated rings. The number of hydrogen-bond acceptors (Lipinski definition) is 8. The fourth-order valence-corrected chi connectivity index (χ4v) is 11.6. The van der Waals surface area contributed by atoms with E-state index in [0.29, 0.717) is 22.3 Å². The third-order valence-corrected chi connectivity index (χ3v) is 16.1. The SMILES string of the molecule is Cc1ccc(S(=O)(=O)C(=[N+]=[N-])S(=O)(=O)c2ccc(C)cc2)cc1.Cc1cccc(S(=O)(=O)C(=[N+]=[N-])S(=O)(=O)c2cccc(C)c2C)c1C. The van der Waals surface area contributed by atoms with Gasteiger partial charge in [-0.1, -0.05) is 59.7 Å². The van der Waals surface area contributed by atoms with E-state index in [1.165, 1.54) is 72.8 Å². The van der Waals surface area contributed by atoms with Crippen molar-refractivity contribution < 1.29 is 43.3 Å². The van der Waals surface area contributed by atoms with Gasteiger partial charge in [-0.15, -0.1) is 9.58 Å². The molecule has 0 aliphatic rings. The van der Waals surface area contributed by atoms with Crippen LogP contribution >= 0.6 is 0 Å². The zero-order valence-electron chi connectivity index (χ0n) is 26.8. The van der Waals surface area contributed by atoms with Crippen molar-refractivity contribution in [2.45, 2.75) is 61.1 Å². The first kappa shape index (κ1) is 37.9. The van der Waals surface area contributed by atoms with Gasteiger partial charge in [0.15, 0.2) is 0 Å². The van der Waals surface area contributed by atoms with Crippen LogP contribution < -0.4 is 0 Å². The first-order valence-electron chi connectivity index (χ1n) is 13.9. The number of rotatable bonds is 4. The Morgan fingerprint density at radius 1 is 0.438 bits per heavy atom. The molecule has 0 saturated heterocycles. The van der Waals surface area contributed by atoms with Gasteiger partial charge >= 0.3 is 8.75 Å². The number of hydrogen-bond donors (Lipinski definition) is 0. The average Bonchev–Trinajstić information content (AvgIpc) is 3.00. The molecule has 12 nitrogen and oxygen atoms in total. The smallest absolute Gasteiger partial charge is 0.359 e. The van der Waals surface area contributed by atoms with Gasteiger partial charge in [-0.05, 0) is 100 Å². The predicted octanol–water partition coefficient (Wildman–Crippen LogP) is 4.89. The highest BCUT2D eigenvalue weighted by molar-refractivity contribution is 8.31. The van der Waals surface area contributed by atoms with Crippen LogP contribution in [0.4, 0.5) is 0 Å². The lowest BCUT2D eigenvalue weighted by molar-refractivity contribution is 0.00349. The van der Waals surface area contributed by atoms with E-state index in [1.807, 2.05) is 0 Å². The minimum atomic E-state index is -4.53. The maximum absolute atomic E-state index is 12.9. The van der Waals surface area contributed by atoms with Crippen molar-refractivity contribution in [2.75, 3.05) is 0 Å². The molecular formula is C32H32N4O8S4. The number of sulfone groups is 4. The second-order valence-corrected chi connectivity index (χ2v) is 18.7. The summed E-state index contributed by atoms with van der Waals surface area (Å²) in [5.74, 6) is 0. The van der Waals surface area contributed by atoms with E-state index >= 15 is 0 Å². The van der Waals surface area contributed by atoms with Crippen molar-refractivity contribution in [3.05, 3.63) is 129 Å². The van der Waals surface area contributed by atoms with Gasteiger partial charge in [0.25, 0.3) is 39.3 Å². The molecule has 0 N–H and O–H groups in total. The lowest BCUT2D eigenvalue weighted by Crippen LogP contribution is -2.27. The molecule has 4 aromatic carbocycles.